The van der Waals surface area contributed by atoms with Gasteiger partial charge in [0.25, 0.3) is 0 Å². The van der Waals surface area contributed by atoms with Crippen molar-refractivity contribution in [3.05, 3.63) is 41.2 Å². The average Bonchev–Trinajstić information content (AvgIpc) is 2.83. The Labute approximate surface area is 120 Å². The summed E-state index contributed by atoms with van der Waals surface area (Å²) in [5, 5.41) is 4.70. The van der Waals surface area contributed by atoms with Crippen molar-refractivity contribution in [2.45, 2.75) is 33.1 Å². The van der Waals surface area contributed by atoms with Gasteiger partial charge in [-0.25, -0.2) is 4.68 Å². The molecule has 0 aliphatic carbocycles. The van der Waals surface area contributed by atoms with Crippen molar-refractivity contribution in [3.63, 3.8) is 0 Å². The number of ether oxygens (including phenoxy) is 1. The fourth-order valence-corrected chi connectivity index (χ4v) is 2.29. The standard InChI is InChI=1S/C16H23N3O/c1-11(2)14-10-13(7-8-17)18-19(14)15-9-12(3)5-6-16(15)20-4/h5-6,9-11H,7-8,17H2,1-4H3. The SMILES string of the molecule is COc1ccc(C)cc1-n1nc(CCN)cc1C(C)C. The normalized spacial score (nSPS) is 11.1. The zero-order chi connectivity index (χ0) is 14.7. The summed E-state index contributed by atoms with van der Waals surface area (Å²) in [5.74, 6) is 1.22. The van der Waals surface area contributed by atoms with Gasteiger partial charge >= 0.3 is 0 Å². The van der Waals surface area contributed by atoms with Gasteiger partial charge in [-0.2, -0.15) is 5.10 Å². The number of aromatic nitrogens is 2. The van der Waals surface area contributed by atoms with E-state index in [1.807, 2.05) is 16.8 Å². The maximum atomic E-state index is 5.64. The molecule has 0 saturated carbocycles. The largest absolute Gasteiger partial charge is 0.494 e. The van der Waals surface area contributed by atoms with Crippen LogP contribution in [0.25, 0.3) is 5.69 Å². The van der Waals surface area contributed by atoms with E-state index in [0.717, 1.165) is 23.6 Å². The summed E-state index contributed by atoms with van der Waals surface area (Å²) in [6.45, 7) is 7.02. The molecule has 4 heteroatoms. The number of rotatable bonds is 5. The molecule has 0 radical (unpaired) electrons. The minimum Gasteiger partial charge on any atom is -0.494 e. The molecular weight excluding hydrogens is 250 g/mol. The Morgan fingerprint density at radius 2 is 2.05 bits per heavy atom. The van der Waals surface area contributed by atoms with E-state index in [9.17, 15) is 0 Å². The second-order valence-corrected chi connectivity index (χ2v) is 5.34. The molecule has 0 aliphatic heterocycles. The summed E-state index contributed by atoms with van der Waals surface area (Å²) in [6.07, 6.45) is 0.793. The third-order valence-electron chi connectivity index (χ3n) is 3.34. The van der Waals surface area contributed by atoms with Crippen LogP contribution in [0, 0.1) is 6.92 Å². The minimum atomic E-state index is 0.388. The van der Waals surface area contributed by atoms with Crippen LogP contribution in [-0.2, 0) is 6.42 Å². The Bertz CT molecular complexity index is 587. The van der Waals surface area contributed by atoms with Gasteiger partial charge in [0.2, 0.25) is 0 Å². The molecule has 0 unspecified atom stereocenters. The van der Waals surface area contributed by atoms with Crippen molar-refractivity contribution in [2.75, 3.05) is 13.7 Å². The maximum Gasteiger partial charge on any atom is 0.144 e. The van der Waals surface area contributed by atoms with E-state index in [4.69, 9.17) is 15.6 Å². The minimum absolute atomic E-state index is 0.388. The lowest BCUT2D eigenvalue weighted by molar-refractivity contribution is 0.411. The van der Waals surface area contributed by atoms with E-state index in [0.29, 0.717) is 12.5 Å². The van der Waals surface area contributed by atoms with E-state index < -0.39 is 0 Å². The molecule has 1 aromatic heterocycles. The summed E-state index contributed by atoms with van der Waals surface area (Å²) in [4.78, 5) is 0. The number of nitrogens with zero attached hydrogens (tertiary/aromatic N) is 2. The fraction of sp³-hybridized carbons (Fsp3) is 0.438. The van der Waals surface area contributed by atoms with Crippen LogP contribution in [0.1, 0.15) is 36.7 Å². The summed E-state index contributed by atoms with van der Waals surface area (Å²) in [5.41, 5.74) is 10.0. The summed E-state index contributed by atoms with van der Waals surface area (Å²) < 4.78 is 7.46. The van der Waals surface area contributed by atoms with Crippen LogP contribution < -0.4 is 10.5 Å². The molecule has 0 saturated heterocycles. The maximum absolute atomic E-state index is 5.64. The van der Waals surface area contributed by atoms with Gasteiger partial charge in [-0.05, 0) is 43.1 Å². The highest BCUT2D eigenvalue weighted by molar-refractivity contribution is 5.49. The molecule has 4 nitrogen and oxygen atoms in total. The van der Waals surface area contributed by atoms with Crippen LogP contribution >= 0.6 is 0 Å². The second kappa shape index (κ2) is 6.09. The zero-order valence-electron chi connectivity index (χ0n) is 12.7. The number of aryl methyl sites for hydroxylation is 1. The van der Waals surface area contributed by atoms with Gasteiger partial charge < -0.3 is 10.5 Å². The Balaban J connectivity index is 2.58. The Kier molecular flexibility index (Phi) is 4.45. The third-order valence-corrected chi connectivity index (χ3v) is 3.34. The highest BCUT2D eigenvalue weighted by Crippen LogP contribution is 2.28. The lowest BCUT2D eigenvalue weighted by atomic mass is 10.1. The number of benzene rings is 1. The van der Waals surface area contributed by atoms with Gasteiger partial charge in [-0.1, -0.05) is 19.9 Å². The van der Waals surface area contributed by atoms with E-state index in [-0.39, 0.29) is 0 Å². The molecule has 2 rings (SSSR count). The topological polar surface area (TPSA) is 53.1 Å². The Morgan fingerprint density at radius 3 is 2.65 bits per heavy atom. The number of nitrogens with two attached hydrogens (primary N) is 1. The molecule has 2 aromatic rings. The molecule has 20 heavy (non-hydrogen) atoms. The predicted molar refractivity (Wildman–Crippen MR) is 81.7 cm³/mol. The molecule has 0 aliphatic rings. The van der Waals surface area contributed by atoms with E-state index in [1.54, 1.807) is 7.11 Å². The van der Waals surface area contributed by atoms with Crippen molar-refractivity contribution >= 4 is 0 Å². The van der Waals surface area contributed by atoms with Gasteiger partial charge in [0.1, 0.15) is 11.4 Å². The number of methoxy groups -OCH3 is 1. The van der Waals surface area contributed by atoms with Crippen LogP contribution in [0.5, 0.6) is 5.75 Å². The molecule has 2 N–H and O–H groups in total. The third kappa shape index (κ3) is 2.85. The lowest BCUT2D eigenvalue weighted by Crippen LogP contribution is -2.07. The van der Waals surface area contributed by atoms with Crippen molar-refractivity contribution < 1.29 is 4.74 Å². The monoisotopic (exact) mass is 273 g/mol. The van der Waals surface area contributed by atoms with Crippen LogP contribution in [0.15, 0.2) is 24.3 Å². The molecule has 108 valence electrons. The summed E-state index contributed by atoms with van der Waals surface area (Å²) in [7, 11) is 1.69. The first-order chi connectivity index (χ1) is 9.56. The first-order valence-corrected chi connectivity index (χ1v) is 7.00. The molecule has 0 spiro atoms. The molecule has 1 aromatic carbocycles. The number of hydrogen-bond acceptors (Lipinski definition) is 3. The highest BCUT2D eigenvalue weighted by Gasteiger charge is 2.15. The van der Waals surface area contributed by atoms with Crippen LogP contribution in [0.2, 0.25) is 0 Å². The summed E-state index contributed by atoms with van der Waals surface area (Å²) in [6, 6.07) is 8.27. The van der Waals surface area contributed by atoms with E-state index >= 15 is 0 Å². The molecular formula is C16H23N3O. The van der Waals surface area contributed by atoms with Crippen LogP contribution in [0.4, 0.5) is 0 Å². The van der Waals surface area contributed by atoms with Crippen LogP contribution in [0.3, 0.4) is 0 Å². The Hall–Kier alpha value is -1.81. The van der Waals surface area contributed by atoms with Crippen LogP contribution in [-0.4, -0.2) is 23.4 Å². The molecule has 0 amide bonds. The molecule has 0 bridgehead atoms. The van der Waals surface area contributed by atoms with E-state index in [2.05, 4.69) is 32.9 Å². The van der Waals surface area contributed by atoms with Crippen molar-refractivity contribution in [1.29, 1.82) is 0 Å². The van der Waals surface area contributed by atoms with Crippen molar-refractivity contribution in [2.24, 2.45) is 5.73 Å². The van der Waals surface area contributed by atoms with Gasteiger partial charge in [0, 0.05) is 12.1 Å². The smallest absolute Gasteiger partial charge is 0.144 e. The predicted octanol–water partition coefficient (Wildman–Crippen LogP) is 2.81. The number of hydrogen-bond donors (Lipinski definition) is 1. The summed E-state index contributed by atoms with van der Waals surface area (Å²) >= 11 is 0. The van der Waals surface area contributed by atoms with Gasteiger partial charge in [-0.15, -0.1) is 0 Å². The zero-order valence-corrected chi connectivity index (χ0v) is 12.7. The first-order valence-electron chi connectivity index (χ1n) is 7.00. The molecule has 1 heterocycles. The van der Waals surface area contributed by atoms with Gasteiger partial charge in [0.05, 0.1) is 12.8 Å². The average molecular weight is 273 g/mol. The Morgan fingerprint density at radius 1 is 1.30 bits per heavy atom. The quantitative estimate of drug-likeness (QED) is 0.911. The second-order valence-electron chi connectivity index (χ2n) is 5.34. The molecule has 0 fully saturated rings. The first kappa shape index (κ1) is 14.6. The van der Waals surface area contributed by atoms with E-state index in [1.165, 1.54) is 11.3 Å². The lowest BCUT2D eigenvalue weighted by Gasteiger charge is -2.14. The highest BCUT2D eigenvalue weighted by atomic mass is 16.5. The van der Waals surface area contributed by atoms with Crippen molar-refractivity contribution in [3.8, 4) is 11.4 Å². The van der Waals surface area contributed by atoms with Crippen molar-refractivity contribution in [1.82, 2.24) is 9.78 Å². The fourth-order valence-electron chi connectivity index (χ4n) is 2.29. The van der Waals surface area contributed by atoms with Gasteiger partial charge in [0.15, 0.2) is 0 Å². The molecule has 0 atom stereocenters. The van der Waals surface area contributed by atoms with Gasteiger partial charge in [-0.3, -0.25) is 0 Å².